The van der Waals surface area contributed by atoms with Crippen molar-refractivity contribution in [1.82, 2.24) is 4.83 Å². The summed E-state index contributed by atoms with van der Waals surface area (Å²) < 4.78 is 72.1. The number of nitrogens with one attached hydrogen (secondary N) is 1. The summed E-state index contributed by atoms with van der Waals surface area (Å²) in [6, 6.07) is -1.87. The van der Waals surface area contributed by atoms with Crippen molar-refractivity contribution in [1.29, 1.82) is 0 Å². The predicted molar refractivity (Wildman–Crippen MR) is 51.4 cm³/mol. The zero-order valence-corrected chi connectivity index (χ0v) is 8.90. The minimum atomic E-state index is -3.60. The summed E-state index contributed by atoms with van der Waals surface area (Å²) in [7, 11) is 0. The van der Waals surface area contributed by atoms with Crippen molar-refractivity contribution >= 4 is 17.0 Å². The molecule has 1 unspecified atom stereocenters. The molecular weight excluding hydrogens is 264 g/mol. The van der Waals surface area contributed by atoms with Gasteiger partial charge in [0.15, 0.2) is 11.6 Å². The lowest BCUT2D eigenvalue weighted by molar-refractivity contribution is 0.00260. The molecule has 0 saturated carbocycles. The number of benzene rings is 1. The van der Waals surface area contributed by atoms with Crippen LogP contribution in [0.3, 0.4) is 0 Å². The molecule has 2 N–H and O–H groups in total. The number of fused-ring (bicyclic) bond motifs is 1. The molecule has 2 rings (SSSR count). The molecule has 0 saturated heterocycles. The molecule has 1 aromatic rings. The van der Waals surface area contributed by atoms with Gasteiger partial charge < -0.3 is 0 Å². The van der Waals surface area contributed by atoms with Gasteiger partial charge in [0.25, 0.3) is 11.3 Å². The van der Waals surface area contributed by atoms with Gasteiger partial charge in [-0.25, -0.2) is 18.0 Å². The summed E-state index contributed by atoms with van der Waals surface area (Å²) >= 11 is -2.82. The minimum absolute atomic E-state index is 0.128. The molecule has 94 valence electrons. The topological polar surface area (TPSA) is 52.6 Å². The maximum absolute atomic E-state index is 13.4. The molecule has 0 bridgehead atoms. The fourth-order valence-electron chi connectivity index (χ4n) is 1.63. The Morgan fingerprint density at radius 2 is 2.06 bits per heavy atom. The van der Waals surface area contributed by atoms with Crippen molar-refractivity contribution in [3.63, 3.8) is 0 Å². The van der Waals surface area contributed by atoms with Crippen LogP contribution in [0.15, 0.2) is 12.1 Å². The van der Waals surface area contributed by atoms with E-state index >= 15 is 0 Å². The zero-order valence-electron chi connectivity index (χ0n) is 8.08. The van der Waals surface area contributed by atoms with Crippen LogP contribution in [0.4, 0.5) is 23.2 Å². The molecule has 0 amide bonds. The first-order valence-corrected chi connectivity index (χ1v) is 5.45. The molecule has 1 aliphatic heterocycles. The summed E-state index contributed by atoms with van der Waals surface area (Å²) in [6.45, 7) is 0. The van der Waals surface area contributed by atoms with Crippen LogP contribution < -0.4 is 9.84 Å². The Hall–Kier alpha value is -1.19. The van der Waals surface area contributed by atoms with E-state index in [1.807, 2.05) is 0 Å². The van der Waals surface area contributed by atoms with Crippen LogP contribution in [-0.2, 0) is 17.7 Å². The van der Waals surface area contributed by atoms with Gasteiger partial charge in [-0.15, -0.1) is 4.83 Å². The van der Waals surface area contributed by atoms with Gasteiger partial charge >= 0.3 is 6.05 Å². The Bertz CT molecular complexity index is 497. The molecule has 17 heavy (non-hydrogen) atoms. The monoisotopic (exact) mass is 270 g/mol. The summed E-state index contributed by atoms with van der Waals surface area (Å²) in [4.78, 5) is 1.46. The van der Waals surface area contributed by atoms with Crippen LogP contribution >= 0.6 is 0 Å². The second kappa shape index (κ2) is 3.93. The molecule has 1 aromatic carbocycles. The Labute approximate surface area is 95.6 Å². The van der Waals surface area contributed by atoms with Crippen LogP contribution in [-0.4, -0.2) is 14.8 Å². The van der Waals surface area contributed by atoms with Crippen molar-refractivity contribution in [2.24, 2.45) is 0 Å². The molecule has 0 radical (unpaired) electrons. The molecular formula is C8H6F4N2O2S. The lowest BCUT2D eigenvalue weighted by Gasteiger charge is -2.25. The smallest absolute Gasteiger partial charge is 0.293 e. The average Bonchev–Trinajstić information content (AvgIpc) is 2.45. The van der Waals surface area contributed by atoms with Crippen molar-refractivity contribution < 1.29 is 26.3 Å². The molecule has 4 nitrogen and oxygen atoms in total. The molecule has 0 fully saturated rings. The number of hydrogen-bond donors (Lipinski definition) is 2. The van der Waals surface area contributed by atoms with E-state index in [0.29, 0.717) is 0 Å². The highest BCUT2D eigenvalue weighted by atomic mass is 32.2. The van der Waals surface area contributed by atoms with E-state index in [9.17, 15) is 21.8 Å². The largest absolute Gasteiger partial charge is 0.343 e. The second-order valence-corrected chi connectivity index (χ2v) is 4.07. The van der Waals surface area contributed by atoms with Gasteiger partial charge in [-0.1, -0.05) is 6.07 Å². The number of halogens is 4. The molecule has 0 aliphatic carbocycles. The predicted octanol–water partition coefficient (Wildman–Crippen LogP) is 1.56. The van der Waals surface area contributed by atoms with Gasteiger partial charge in [0.1, 0.15) is 5.69 Å². The standard InChI is InChI=1S/C8H6F4N2O2S/c9-5-2-1-4-3-8(11,12)14(13-17(15)16)7(4)6(5)10/h1-2,13H,3H2,(H,15,16). The van der Waals surface area contributed by atoms with Crippen molar-refractivity contribution in [3.8, 4) is 0 Å². The number of alkyl halides is 2. The van der Waals surface area contributed by atoms with Crippen LogP contribution in [0.2, 0.25) is 0 Å². The number of hydrazine groups is 1. The van der Waals surface area contributed by atoms with E-state index in [1.165, 1.54) is 4.83 Å². The van der Waals surface area contributed by atoms with Crippen molar-refractivity contribution in [2.75, 3.05) is 5.01 Å². The first-order chi connectivity index (χ1) is 7.83. The van der Waals surface area contributed by atoms with Gasteiger partial charge in [-0.05, 0) is 11.6 Å². The van der Waals surface area contributed by atoms with E-state index in [0.717, 1.165) is 12.1 Å². The summed E-state index contributed by atoms with van der Waals surface area (Å²) in [5.41, 5.74) is -0.899. The number of hydrogen-bond acceptors (Lipinski definition) is 2. The highest BCUT2D eigenvalue weighted by Gasteiger charge is 2.48. The van der Waals surface area contributed by atoms with Gasteiger partial charge in [0.05, 0.1) is 6.42 Å². The summed E-state index contributed by atoms with van der Waals surface area (Å²) in [6.07, 6.45) is -0.871. The van der Waals surface area contributed by atoms with E-state index in [4.69, 9.17) is 4.55 Å². The van der Waals surface area contributed by atoms with Gasteiger partial charge in [-0.2, -0.15) is 8.78 Å². The lowest BCUT2D eigenvalue weighted by atomic mass is 10.1. The van der Waals surface area contributed by atoms with E-state index in [2.05, 4.69) is 0 Å². The normalized spacial score (nSPS) is 19.2. The SMILES string of the molecule is O=S(O)NN1c2c(ccc(F)c2F)CC1(F)F. The van der Waals surface area contributed by atoms with Crippen molar-refractivity contribution in [2.45, 2.75) is 12.5 Å². The van der Waals surface area contributed by atoms with Crippen LogP contribution in [0.1, 0.15) is 5.56 Å². The molecule has 1 atom stereocenters. The Kier molecular flexibility index (Phi) is 2.84. The second-order valence-electron chi connectivity index (χ2n) is 3.39. The van der Waals surface area contributed by atoms with Gasteiger partial charge in [0.2, 0.25) is 0 Å². The highest BCUT2D eigenvalue weighted by Crippen LogP contribution is 2.41. The maximum atomic E-state index is 13.4. The fourth-order valence-corrected chi connectivity index (χ4v) is 2.01. The third-order valence-electron chi connectivity index (χ3n) is 2.28. The molecule has 0 spiro atoms. The van der Waals surface area contributed by atoms with Gasteiger partial charge in [0, 0.05) is 0 Å². The first kappa shape index (κ1) is 12.3. The van der Waals surface area contributed by atoms with Crippen molar-refractivity contribution in [3.05, 3.63) is 29.3 Å². The first-order valence-electron chi connectivity index (χ1n) is 4.35. The summed E-state index contributed by atoms with van der Waals surface area (Å²) in [5, 5.41) is -0.128. The van der Waals surface area contributed by atoms with E-state index < -0.39 is 41.1 Å². The van der Waals surface area contributed by atoms with Crippen LogP contribution in [0, 0.1) is 11.6 Å². The lowest BCUT2D eigenvalue weighted by Crippen LogP contribution is -2.49. The van der Waals surface area contributed by atoms with Crippen LogP contribution in [0.25, 0.3) is 0 Å². The number of anilines is 1. The van der Waals surface area contributed by atoms with E-state index in [1.54, 1.807) is 0 Å². The molecule has 9 heteroatoms. The zero-order chi connectivity index (χ0) is 12.8. The maximum Gasteiger partial charge on any atom is 0.343 e. The minimum Gasteiger partial charge on any atom is -0.293 e. The number of rotatable bonds is 2. The Morgan fingerprint density at radius 3 is 2.65 bits per heavy atom. The Balaban J connectivity index is 2.53. The third kappa shape index (κ3) is 2.01. The quantitative estimate of drug-likeness (QED) is 0.487. The molecule has 1 aliphatic rings. The third-order valence-corrected chi connectivity index (χ3v) is 2.61. The molecule has 0 aromatic heterocycles. The van der Waals surface area contributed by atoms with E-state index in [-0.39, 0.29) is 10.6 Å². The van der Waals surface area contributed by atoms with Gasteiger partial charge in [-0.3, -0.25) is 4.55 Å². The summed E-state index contributed by atoms with van der Waals surface area (Å²) in [5.74, 6) is -2.80. The molecule has 1 heterocycles. The average molecular weight is 270 g/mol. The van der Waals surface area contributed by atoms with Crippen LogP contribution in [0.5, 0.6) is 0 Å². The highest BCUT2D eigenvalue weighted by molar-refractivity contribution is 7.77. The fraction of sp³-hybridized carbons (Fsp3) is 0.250. The Morgan fingerprint density at radius 1 is 1.41 bits per heavy atom. The number of nitrogens with zero attached hydrogens (tertiary/aromatic N) is 1.